The number of alkyl halides is 3. The first-order valence-corrected chi connectivity index (χ1v) is 9.98. The van der Waals surface area contributed by atoms with Gasteiger partial charge < -0.3 is 14.2 Å². The topological polar surface area (TPSA) is 116 Å². The maximum Gasteiger partial charge on any atom is 0.400 e. The number of hydrogen-bond donors (Lipinski definition) is 1. The molecule has 0 rings (SSSR count). The third-order valence-electron chi connectivity index (χ3n) is 4.28. The lowest BCUT2D eigenvalue weighted by atomic mass is 9.79. The molecule has 0 aliphatic carbocycles. The first-order chi connectivity index (χ1) is 12.7. The molecular formula is C16H27F3O8S. The SMILES string of the molecule is CCC(C)(CC(C)C(=O)OCCC(F)C(F)(F)S(=O)(=O)O)C(=O)OCCOC. The summed E-state index contributed by atoms with van der Waals surface area (Å²) in [5, 5.41) is -5.00. The molecule has 166 valence electrons. The van der Waals surface area contributed by atoms with Crippen LogP contribution in [0.5, 0.6) is 0 Å². The van der Waals surface area contributed by atoms with Crippen LogP contribution in [0.15, 0.2) is 0 Å². The molecule has 12 heteroatoms. The molecule has 0 aliphatic rings. The number of hydrogen-bond acceptors (Lipinski definition) is 7. The zero-order valence-corrected chi connectivity index (χ0v) is 17.1. The fraction of sp³-hybridized carbons (Fsp3) is 0.875. The minimum absolute atomic E-state index is 0.0361. The van der Waals surface area contributed by atoms with Gasteiger partial charge in [0.2, 0.25) is 0 Å². The van der Waals surface area contributed by atoms with Gasteiger partial charge in [0.15, 0.2) is 6.17 Å². The van der Waals surface area contributed by atoms with Crippen molar-refractivity contribution in [2.24, 2.45) is 11.3 Å². The zero-order valence-electron chi connectivity index (χ0n) is 16.2. The molecule has 0 heterocycles. The first-order valence-electron chi connectivity index (χ1n) is 8.54. The second-order valence-electron chi connectivity index (χ2n) is 6.61. The molecule has 0 saturated heterocycles. The Labute approximate surface area is 162 Å². The van der Waals surface area contributed by atoms with Crippen molar-refractivity contribution in [3.05, 3.63) is 0 Å². The normalized spacial score (nSPS) is 16.7. The van der Waals surface area contributed by atoms with E-state index in [-0.39, 0.29) is 19.6 Å². The second kappa shape index (κ2) is 11.0. The van der Waals surface area contributed by atoms with E-state index in [9.17, 15) is 31.2 Å². The average molecular weight is 436 g/mol. The molecule has 0 saturated carbocycles. The fourth-order valence-corrected chi connectivity index (χ4v) is 2.70. The van der Waals surface area contributed by atoms with Crippen LogP contribution in [-0.4, -0.2) is 63.3 Å². The third kappa shape index (κ3) is 7.55. The number of methoxy groups -OCH3 is 1. The Morgan fingerprint density at radius 3 is 2.18 bits per heavy atom. The minimum atomic E-state index is -5.92. The van der Waals surface area contributed by atoms with Crippen molar-refractivity contribution in [1.82, 2.24) is 0 Å². The van der Waals surface area contributed by atoms with Crippen LogP contribution >= 0.6 is 0 Å². The molecule has 0 aromatic heterocycles. The lowest BCUT2D eigenvalue weighted by Crippen LogP contribution is -2.39. The van der Waals surface area contributed by atoms with Gasteiger partial charge in [-0.2, -0.15) is 17.2 Å². The van der Waals surface area contributed by atoms with Crippen LogP contribution < -0.4 is 0 Å². The van der Waals surface area contributed by atoms with Crippen LogP contribution in [-0.2, 0) is 33.9 Å². The summed E-state index contributed by atoms with van der Waals surface area (Å²) in [6, 6.07) is 0. The van der Waals surface area contributed by atoms with Gasteiger partial charge in [-0.1, -0.05) is 13.8 Å². The van der Waals surface area contributed by atoms with E-state index >= 15 is 0 Å². The molecular weight excluding hydrogens is 409 g/mol. The Morgan fingerprint density at radius 1 is 1.14 bits per heavy atom. The largest absolute Gasteiger partial charge is 0.465 e. The molecule has 28 heavy (non-hydrogen) atoms. The maximum absolute atomic E-state index is 13.4. The summed E-state index contributed by atoms with van der Waals surface area (Å²) in [7, 11) is -4.48. The molecule has 0 radical (unpaired) electrons. The van der Waals surface area contributed by atoms with Gasteiger partial charge in [0.1, 0.15) is 6.61 Å². The van der Waals surface area contributed by atoms with E-state index in [1.54, 1.807) is 13.8 Å². The number of esters is 2. The Balaban J connectivity index is 4.67. The lowest BCUT2D eigenvalue weighted by Gasteiger charge is -2.28. The fourth-order valence-electron chi connectivity index (χ4n) is 2.26. The van der Waals surface area contributed by atoms with Crippen LogP contribution in [0.1, 0.15) is 40.0 Å². The predicted molar refractivity (Wildman–Crippen MR) is 92.0 cm³/mol. The molecule has 0 aromatic rings. The number of carbonyl (C=O) groups is 2. The van der Waals surface area contributed by atoms with Crippen molar-refractivity contribution in [3.63, 3.8) is 0 Å². The quantitative estimate of drug-likeness (QED) is 0.266. The van der Waals surface area contributed by atoms with E-state index in [0.717, 1.165) is 0 Å². The van der Waals surface area contributed by atoms with E-state index in [1.165, 1.54) is 14.0 Å². The summed E-state index contributed by atoms with van der Waals surface area (Å²) in [5.41, 5.74) is -1.01. The van der Waals surface area contributed by atoms with Crippen molar-refractivity contribution >= 4 is 22.1 Å². The Bertz CT molecular complexity index is 625. The van der Waals surface area contributed by atoms with Crippen LogP contribution in [0.3, 0.4) is 0 Å². The van der Waals surface area contributed by atoms with E-state index in [0.29, 0.717) is 6.42 Å². The second-order valence-corrected chi connectivity index (χ2v) is 8.10. The first kappa shape index (κ1) is 26.6. The predicted octanol–water partition coefficient (Wildman–Crippen LogP) is 2.37. The van der Waals surface area contributed by atoms with Gasteiger partial charge in [0.05, 0.1) is 24.5 Å². The molecule has 8 nitrogen and oxygen atoms in total. The number of ether oxygens (including phenoxy) is 3. The summed E-state index contributed by atoms with van der Waals surface area (Å²) in [6.07, 6.45) is -3.99. The summed E-state index contributed by atoms with van der Waals surface area (Å²) in [6.45, 7) is 4.19. The Morgan fingerprint density at radius 2 is 1.71 bits per heavy atom. The summed E-state index contributed by atoms with van der Waals surface area (Å²) in [5.74, 6) is -2.24. The highest BCUT2D eigenvalue weighted by molar-refractivity contribution is 7.86. The van der Waals surface area contributed by atoms with Gasteiger partial charge >= 0.3 is 27.3 Å². The Kier molecular flexibility index (Phi) is 10.4. The summed E-state index contributed by atoms with van der Waals surface area (Å²) >= 11 is 0. The van der Waals surface area contributed by atoms with Crippen LogP contribution in [0.2, 0.25) is 0 Å². The molecule has 0 aliphatic heterocycles. The van der Waals surface area contributed by atoms with Crippen LogP contribution in [0.4, 0.5) is 13.2 Å². The highest BCUT2D eigenvalue weighted by Crippen LogP contribution is 2.32. The average Bonchev–Trinajstić information content (AvgIpc) is 2.60. The standard InChI is InChI=1S/C16H27F3O8S/c1-5-15(3,14(21)27-9-8-25-4)10-11(2)13(20)26-7-6-12(17)16(18,19)28(22,23)24/h11-12H,5-10H2,1-4H3,(H,22,23,24). The molecule has 3 unspecified atom stereocenters. The van der Waals surface area contributed by atoms with Gasteiger partial charge in [0.25, 0.3) is 0 Å². The van der Waals surface area contributed by atoms with Gasteiger partial charge in [-0.15, -0.1) is 0 Å². The van der Waals surface area contributed by atoms with E-state index in [4.69, 9.17) is 18.8 Å². The minimum Gasteiger partial charge on any atom is -0.465 e. The van der Waals surface area contributed by atoms with E-state index < -0.39 is 57.8 Å². The summed E-state index contributed by atoms with van der Waals surface area (Å²) in [4.78, 5) is 24.2. The Hall–Kier alpha value is -1.40. The molecule has 0 fully saturated rings. The highest BCUT2D eigenvalue weighted by atomic mass is 32.2. The van der Waals surface area contributed by atoms with Crippen LogP contribution in [0, 0.1) is 11.3 Å². The van der Waals surface area contributed by atoms with Gasteiger partial charge in [-0.3, -0.25) is 14.1 Å². The third-order valence-corrected chi connectivity index (χ3v) is 5.22. The highest BCUT2D eigenvalue weighted by Gasteiger charge is 2.52. The smallest absolute Gasteiger partial charge is 0.400 e. The number of halogens is 3. The van der Waals surface area contributed by atoms with E-state index in [1.807, 2.05) is 0 Å². The van der Waals surface area contributed by atoms with E-state index in [2.05, 4.69) is 0 Å². The van der Waals surface area contributed by atoms with Gasteiger partial charge in [-0.25, -0.2) is 4.39 Å². The van der Waals surface area contributed by atoms with Crippen molar-refractivity contribution < 1.29 is 49.9 Å². The van der Waals surface area contributed by atoms with Gasteiger partial charge in [0, 0.05) is 13.5 Å². The van der Waals surface area contributed by atoms with Crippen LogP contribution in [0.25, 0.3) is 0 Å². The van der Waals surface area contributed by atoms with Crippen molar-refractivity contribution in [1.29, 1.82) is 0 Å². The number of rotatable bonds is 13. The molecule has 0 aromatic carbocycles. The molecule has 0 spiro atoms. The maximum atomic E-state index is 13.4. The zero-order chi connectivity index (χ0) is 22.2. The monoisotopic (exact) mass is 436 g/mol. The molecule has 1 N–H and O–H groups in total. The number of carbonyl (C=O) groups excluding carboxylic acids is 2. The van der Waals surface area contributed by atoms with Crippen molar-refractivity contribution in [2.45, 2.75) is 51.5 Å². The van der Waals surface area contributed by atoms with Crippen molar-refractivity contribution in [3.8, 4) is 0 Å². The van der Waals surface area contributed by atoms with Crippen molar-refractivity contribution in [2.75, 3.05) is 26.9 Å². The lowest BCUT2D eigenvalue weighted by molar-refractivity contribution is -0.160. The van der Waals surface area contributed by atoms with Gasteiger partial charge in [-0.05, 0) is 19.8 Å². The molecule has 0 amide bonds. The summed E-state index contributed by atoms with van der Waals surface area (Å²) < 4.78 is 83.3. The molecule has 3 atom stereocenters. The molecule has 0 bridgehead atoms.